The highest BCUT2D eigenvalue weighted by Gasteiger charge is 2.26. The summed E-state index contributed by atoms with van der Waals surface area (Å²) in [5.74, 6) is 0. The summed E-state index contributed by atoms with van der Waals surface area (Å²) in [6, 6.07) is 0. The van der Waals surface area contributed by atoms with Crippen molar-refractivity contribution in [3.63, 3.8) is 0 Å². The monoisotopic (exact) mass is 377 g/mol. The maximum Gasteiger partial charge on any atom is 0.203 e. The van der Waals surface area contributed by atoms with Gasteiger partial charge in [0.05, 0.1) is 18.1 Å². The van der Waals surface area contributed by atoms with Crippen LogP contribution in [0.25, 0.3) is 11.0 Å². The summed E-state index contributed by atoms with van der Waals surface area (Å²) in [7, 11) is 0. The van der Waals surface area contributed by atoms with Gasteiger partial charge in [0.15, 0.2) is 6.29 Å². The van der Waals surface area contributed by atoms with Gasteiger partial charge in [0.25, 0.3) is 0 Å². The van der Waals surface area contributed by atoms with Crippen LogP contribution in [0.5, 0.6) is 0 Å². The molecule has 0 aliphatic heterocycles. The van der Waals surface area contributed by atoms with Gasteiger partial charge in [-0.3, -0.25) is 4.57 Å². The number of aryl methyl sites for hydroxylation is 1. The number of alkyl halides is 1. The Morgan fingerprint density at radius 3 is 2.52 bits per heavy atom. The van der Waals surface area contributed by atoms with Crippen LogP contribution in [0.3, 0.4) is 0 Å². The second-order valence-corrected chi connectivity index (χ2v) is 5.70. The van der Waals surface area contributed by atoms with Crippen molar-refractivity contribution in [3.05, 3.63) is 23.2 Å². The number of rotatable bonds is 7. The molecule has 2 heterocycles. The number of ether oxygens (including phenoxy) is 1. The highest BCUT2D eigenvalue weighted by molar-refractivity contribution is 6.34. The van der Waals surface area contributed by atoms with Crippen molar-refractivity contribution in [2.24, 2.45) is 0 Å². The van der Waals surface area contributed by atoms with Gasteiger partial charge < -0.3 is 20.1 Å². The summed E-state index contributed by atoms with van der Waals surface area (Å²) >= 11 is 5.99. The normalized spacial score (nSPS) is 16.0. The Hall–Kier alpha value is -1.32. The molecule has 2 aromatic rings. The van der Waals surface area contributed by atoms with Gasteiger partial charge in [-0.15, -0.1) is 0 Å². The molecule has 3 N–H and O–H groups in total. The van der Waals surface area contributed by atoms with E-state index in [4.69, 9.17) is 21.4 Å². The van der Waals surface area contributed by atoms with E-state index in [1.807, 2.05) is 13.8 Å². The predicted molar refractivity (Wildman–Crippen MR) is 93.0 cm³/mol. The molecule has 0 radical (unpaired) electrons. The average Bonchev–Trinajstić information content (AvgIpc) is 2.92. The van der Waals surface area contributed by atoms with Gasteiger partial charge in [0.1, 0.15) is 23.2 Å². The first-order valence-electron chi connectivity index (χ1n) is 8.08. The molecule has 9 heteroatoms. The number of fused-ring (bicyclic) bond motifs is 1. The van der Waals surface area contributed by atoms with E-state index in [0.717, 1.165) is 4.57 Å². The molecule has 142 valence electrons. The van der Waals surface area contributed by atoms with Crippen LogP contribution in [-0.4, -0.2) is 55.0 Å². The average molecular weight is 378 g/mol. The van der Waals surface area contributed by atoms with Crippen molar-refractivity contribution in [1.82, 2.24) is 14.5 Å². The third-order valence-corrected chi connectivity index (χ3v) is 3.67. The Kier molecular flexibility index (Phi) is 8.67. The minimum atomic E-state index is -1.82. The molecule has 0 amide bonds. The molecule has 0 bridgehead atoms. The largest absolute Gasteiger partial charge is 0.391 e. The second-order valence-electron chi connectivity index (χ2n) is 5.34. The van der Waals surface area contributed by atoms with Crippen molar-refractivity contribution in [3.8, 4) is 0 Å². The first-order chi connectivity index (χ1) is 11.8. The maximum atomic E-state index is 14.6. The van der Waals surface area contributed by atoms with Crippen LogP contribution in [0.15, 0.2) is 12.5 Å². The number of aromatic nitrogens is 3. The van der Waals surface area contributed by atoms with Crippen molar-refractivity contribution in [2.45, 2.75) is 58.9 Å². The van der Waals surface area contributed by atoms with Crippen LogP contribution >= 0.6 is 11.6 Å². The Morgan fingerprint density at radius 2 is 1.92 bits per heavy atom. The number of hydrogen-bond acceptors (Lipinski definition) is 6. The Morgan fingerprint density at radius 1 is 1.28 bits per heavy atom. The molecular formula is C16H25ClFN3O4. The van der Waals surface area contributed by atoms with Crippen LogP contribution in [0.4, 0.5) is 4.39 Å². The van der Waals surface area contributed by atoms with E-state index in [1.165, 1.54) is 19.4 Å². The number of halogens is 2. The molecule has 0 aliphatic rings. The lowest BCUT2D eigenvalue weighted by Gasteiger charge is -2.21. The van der Waals surface area contributed by atoms with Crippen LogP contribution in [0.1, 0.15) is 39.1 Å². The van der Waals surface area contributed by atoms with E-state index >= 15 is 0 Å². The molecule has 0 saturated heterocycles. The second kappa shape index (κ2) is 9.98. The smallest absolute Gasteiger partial charge is 0.203 e. The fourth-order valence-corrected chi connectivity index (χ4v) is 2.58. The molecule has 2 aromatic heterocycles. The first kappa shape index (κ1) is 21.7. The molecule has 0 saturated carbocycles. The van der Waals surface area contributed by atoms with Crippen molar-refractivity contribution in [1.29, 1.82) is 0 Å². The number of aliphatic hydroxyl groups is 3. The van der Waals surface area contributed by atoms with E-state index in [0.29, 0.717) is 10.9 Å². The predicted octanol–water partition coefficient (Wildman–Crippen LogP) is 2.35. The molecular weight excluding hydrogens is 353 g/mol. The summed E-state index contributed by atoms with van der Waals surface area (Å²) in [5.41, 5.74) is 0.946. The summed E-state index contributed by atoms with van der Waals surface area (Å²) in [4.78, 5) is 7.85. The SMILES string of the molecule is CC.Cc1cn(C(F)C(O)CC(O)COC(C)O)c2ncnc(Cl)c12. The molecule has 0 fully saturated rings. The third kappa shape index (κ3) is 5.58. The maximum absolute atomic E-state index is 14.6. The number of hydrogen-bond donors (Lipinski definition) is 3. The van der Waals surface area contributed by atoms with Crippen LogP contribution in [0, 0.1) is 6.92 Å². The lowest BCUT2D eigenvalue weighted by molar-refractivity contribution is -0.117. The minimum absolute atomic E-state index is 0.207. The van der Waals surface area contributed by atoms with E-state index in [9.17, 15) is 14.6 Å². The van der Waals surface area contributed by atoms with Crippen molar-refractivity contribution in [2.75, 3.05) is 6.61 Å². The van der Waals surface area contributed by atoms with Gasteiger partial charge in [0.2, 0.25) is 6.30 Å². The highest BCUT2D eigenvalue weighted by Crippen LogP contribution is 2.29. The molecule has 0 aromatic carbocycles. The van der Waals surface area contributed by atoms with Crippen LogP contribution < -0.4 is 0 Å². The van der Waals surface area contributed by atoms with Gasteiger partial charge in [-0.25, -0.2) is 14.4 Å². The summed E-state index contributed by atoms with van der Waals surface area (Å²) in [6.45, 7) is 6.92. The quantitative estimate of drug-likeness (QED) is 0.506. The van der Waals surface area contributed by atoms with E-state index < -0.39 is 24.8 Å². The summed E-state index contributed by atoms with van der Waals surface area (Å²) < 4.78 is 20.5. The van der Waals surface area contributed by atoms with Gasteiger partial charge in [-0.2, -0.15) is 0 Å². The van der Waals surface area contributed by atoms with Gasteiger partial charge in [0, 0.05) is 12.6 Å². The molecule has 7 nitrogen and oxygen atoms in total. The molecule has 2 rings (SSSR count). The van der Waals surface area contributed by atoms with E-state index in [-0.39, 0.29) is 23.8 Å². The standard InChI is InChI=1S/C14H19ClFN3O4.C2H6/c1-7-4-19(14-11(7)12(15)17-6-18-14)13(16)10(22)3-9(21)5-23-8(2)20;1-2/h4,6,8-10,13,20-22H,3,5H2,1-2H3;1-2H3. The number of nitrogens with zero attached hydrogens (tertiary/aromatic N) is 3. The molecule has 25 heavy (non-hydrogen) atoms. The van der Waals surface area contributed by atoms with Crippen LogP contribution in [-0.2, 0) is 4.74 Å². The third-order valence-electron chi connectivity index (χ3n) is 3.38. The Labute approximate surface area is 151 Å². The lowest BCUT2D eigenvalue weighted by Crippen LogP contribution is -2.29. The van der Waals surface area contributed by atoms with Gasteiger partial charge >= 0.3 is 0 Å². The molecule has 4 atom stereocenters. The zero-order chi connectivity index (χ0) is 19.1. The van der Waals surface area contributed by atoms with E-state index in [2.05, 4.69) is 9.97 Å². The van der Waals surface area contributed by atoms with Crippen molar-refractivity contribution < 1.29 is 24.4 Å². The summed E-state index contributed by atoms with van der Waals surface area (Å²) in [5, 5.41) is 29.4. The summed E-state index contributed by atoms with van der Waals surface area (Å²) in [6.07, 6.45) is -3.02. The Bertz CT molecular complexity index is 668. The highest BCUT2D eigenvalue weighted by atomic mass is 35.5. The van der Waals surface area contributed by atoms with Crippen molar-refractivity contribution >= 4 is 22.6 Å². The first-order valence-corrected chi connectivity index (χ1v) is 8.46. The molecule has 0 aliphatic carbocycles. The minimum Gasteiger partial charge on any atom is -0.391 e. The van der Waals surface area contributed by atoms with Gasteiger partial charge in [-0.1, -0.05) is 25.4 Å². The topological polar surface area (TPSA) is 101 Å². The molecule has 4 unspecified atom stereocenters. The van der Waals surface area contributed by atoms with Gasteiger partial charge in [-0.05, 0) is 19.4 Å². The fourth-order valence-electron chi connectivity index (χ4n) is 2.31. The zero-order valence-electron chi connectivity index (χ0n) is 14.7. The molecule has 0 spiro atoms. The lowest BCUT2D eigenvalue weighted by atomic mass is 10.1. The number of aliphatic hydroxyl groups excluding tert-OH is 3. The zero-order valence-corrected chi connectivity index (χ0v) is 15.5. The fraction of sp³-hybridized carbons (Fsp3) is 0.625. The van der Waals surface area contributed by atoms with Crippen LogP contribution in [0.2, 0.25) is 5.15 Å². The Balaban J connectivity index is 0.00000151. The van der Waals surface area contributed by atoms with E-state index in [1.54, 1.807) is 6.92 Å².